The first kappa shape index (κ1) is 6.40. The van der Waals surface area contributed by atoms with Gasteiger partial charge < -0.3 is 4.57 Å². The van der Waals surface area contributed by atoms with Gasteiger partial charge in [-0.2, -0.15) is 0 Å². The maximum absolute atomic E-state index is 5.72. The van der Waals surface area contributed by atoms with Gasteiger partial charge in [0.25, 0.3) is 0 Å². The van der Waals surface area contributed by atoms with E-state index in [9.17, 15) is 0 Å². The van der Waals surface area contributed by atoms with Gasteiger partial charge in [-0.15, -0.1) is 0 Å². The summed E-state index contributed by atoms with van der Waals surface area (Å²) >= 11 is 0. The van der Waals surface area contributed by atoms with Gasteiger partial charge >= 0.3 is 0 Å². The molecule has 0 saturated carbocycles. The van der Waals surface area contributed by atoms with E-state index >= 15 is 0 Å². The molecular weight excluding hydrogens is 111 g/mol. The molecule has 1 aromatic rings. The van der Waals surface area contributed by atoms with Crippen LogP contribution in [0.4, 0.5) is 0 Å². The largest absolute Gasteiger partial charge is 0.341 e. The summed E-state index contributed by atoms with van der Waals surface area (Å²) in [6, 6.07) is 0. The molecule has 3 heteroatoms. The standard InChI is InChI=1S/C6H9BN2/c1-6(2,7)9-4-3-8-5-9/h3-5H,1-2H3. The Morgan fingerprint density at radius 1 is 1.56 bits per heavy atom. The van der Waals surface area contributed by atoms with Gasteiger partial charge in [0.15, 0.2) is 0 Å². The van der Waals surface area contributed by atoms with Crippen molar-refractivity contribution in [1.82, 2.24) is 9.55 Å². The smallest absolute Gasteiger partial charge is 0.104 e. The molecule has 0 fully saturated rings. The summed E-state index contributed by atoms with van der Waals surface area (Å²) in [6.45, 7) is 3.85. The number of aromatic nitrogens is 2. The molecule has 2 radical (unpaired) electrons. The third-order valence-electron chi connectivity index (χ3n) is 1.17. The highest BCUT2D eigenvalue weighted by molar-refractivity contribution is 6.13. The Labute approximate surface area is 56.3 Å². The highest BCUT2D eigenvalue weighted by atomic mass is 15.1. The molecule has 0 aliphatic heterocycles. The van der Waals surface area contributed by atoms with Gasteiger partial charge in [0.1, 0.15) is 7.85 Å². The average Bonchev–Trinajstić information content (AvgIpc) is 2.08. The molecule has 0 saturated heterocycles. The molecule has 0 amide bonds. The lowest BCUT2D eigenvalue weighted by Crippen LogP contribution is -2.24. The Bertz CT molecular complexity index is 173. The molecule has 0 spiro atoms. The zero-order chi connectivity index (χ0) is 6.91. The molecule has 0 unspecified atom stereocenters. The summed E-state index contributed by atoms with van der Waals surface area (Å²) in [5.41, 5.74) is -0.323. The van der Waals surface area contributed by atoms with Crippen LogP contribution in [-0.2, 0) is 5.44 Å². The first-order valence-corrected chi connectivity index (χ1v) is 2.88. The lowest BCUT2D eigenvalue weighted by molar-refractivity contribution is 0.521. The molecule has 1 aromatic heterocycles. The van der Waals surface area contributed by atoms with E-state index in [-0.39, 0.29) is 5.44 Å². The molecule has 1 heterocycles. The zero-order valence-electron chi connectivity index (χ0n) is 5.70. The number of rotatable bonds is 1. The molecular formula is C6H9BN2. The quantitative estimate of drug-likeness (QED) is 0.500. The van der Waals surface area contributed by atoms with E-state index in [1.807, 2.05) is 24.6 Å². The second-order valence-electron chi connectivity index (χ2n) is 2.62. The van der Waals surface area contributed by atoms with Crippen molar-refractivity contribution in [2.24, 2.45) is 0 Å². The number of hydrogen-bond donors (Lipinski definition) is 0. The third kappa shape index (κ3) is 1.34. The van der Waals surface area contributed by atoms with Crippen LogP contribution in [0.1, 0.15) is 13.8 Å². The minimum Gasteiger partial charge on any atom is -0.341 e. The maximum atomic E-state index is 5.72. The summed E-state index contributed by atoms with van der Waals surface area (Å²) in [5, 5.41) is 0. The monoisotopic (exact) mass is 120 g/mol. The Morgan fingerprint density at radius 3 is 2.44 bits per heavy atom. The Morgan fingerprint density at radius 2 is 2.22 bits per heavy atom. The second kappa shape index (κ2) is 1.90. The summed E-state index contributed by atoms with van der Waals surface area (Å²) < 4.78 is 1.85. The van der Waals surface area contributed by atoms with Gasteiger partial charge in [0, 0.05) is 17.8 Å². The fraction of sp³-hybridized carbons (Fsp3) is 0.500. The third-order valence-corrected chi connectivity index (χ3v) is 1.17. The Kier molecular flexibility index (Phi) is 1.35. The lowest BCUT2D eigenvalue weighted by atomic mass is 9.82. The summed E-state index contributed by atoms with van der Waals surface area (Å²) in [5.74, 6) is 0. The van der Waals surface area contributed by atoms with Crippen LogP contribution >= 0.6 is 0 Å². The molecule has 46 valence electrons. The van der Waals surface area contributed by atoms with Crippen molar-refractivity contribution < 1.29 is 0 Å². The van der Waals surface area contributed by atoms with Crippen molar-refractivity contribution in [1.29, 1.82) is 0 Å². The van der Waals surface area contributed by atoms with Gasteiger partial charge in [0.05, 0.1) is 6.33 Å². The summed E-state index contributed by atoms with van der Waals surface area (Å²) in [6.07, 6.45) is 5.27. The molecule has 1 rings (SSSR count). The predicted molar refractivity (Wildman–Crippen MR) is 37.3 cm³/mol. The van der Waals surface area contributed by atoms with Crippen molar-refractivity contribution in [3.8, 4) is 0 Å². The van der Waals surface area contributed by atoms with Crippen LogP contribution in [-0.4, -0.2) is 17.4 Å². The van der Waals surface area contributed by atoms with Gasteiger partial charge in [-0.05, 0) is 0 Å². The Balaban J connectivity index is 2.90. The minimum atomic E-state index is -0.323. The topological polar surface area (TPSA) is 17.8 Å². The number of hydrogen-bond acceptors (Lipinski definition) is 1. The van der Waals surface area contributed by atoms with E-state index in [1.54, 1.807) is 12.5 Å². The average molecular weight is 120 g/mol. The van der Waals surface area contributed by atoms with Gasteiger partial charge in [-0.1, -0.05) is 13.8 Å². The first-order chi connectivity index (χ1) is 4.11. The van der Waals surface area contributed by atoms with Crippen LogP contribution in [0.5, 0.6) is 0 Å². The van der Waals surface area contributed by atoms with Crippen LogP contribution < -0.4 is 0 Å². The SMILES string of the molecule is [B]C(C)(C)n1ccnc1. The van der Waals surface area contributed by atoms with E-state index < -0.39 is 0 Å². The van der Waals surface area contributed by atoms with Crippen molar-refractivity contribution in [3.05, 3.63) is 18.7 Å². The maximum Gasteiger partial charge on any atom is 0.104 e. The zero-order valence-corrected chi connectivity index (χ0v) is 5.70. The highest BCUT2D eigenvalue weighted by Crippen LogP contribution is 2.06. The van der Waals surface area contributed by atoms with Crippen LogP contribution in [0.25, 0.3) is 0 Å². The minimum absolute atomic E-state index is 0.323. The van der Waals surface area contributed by atoms with E-state index in [0.29, 0.717) is 0 Å². The van der Waals surface area contributed by atoms with E-state index in [0.717, 1.165) is 0 Å². The van der Waals surface area contributed by atoms with Crippen molar-refractivity contribution in [2.75, 3.05) is 0 Å². The van der Waals surface area contributed by atoms with Crippen molar-refractivity contribution in [2.45, 2.75) is 19.3 Å². The Hall–Kier alpha value is -0.725. The second-order valence-corrected chi connectivity index (χ2v) is 2.62. The van der Waals surface area contributed by atoms with Crippen LogP contribution in [0.2, 0.25) is 0 Å². The molecule has 0 atom stereocenters. The number of nitrogens with zero attached hydrogens (tertiary/aromatic N) is 2. The molecule has 0 aromatic carbocycles. The van der Waals surface area contributed by atoms with Gasteiger partial charge in [0.2, 0.25) is 0 Å². The fourth-order valence-corrected chi connectivity index (χ4v) is 0.600. The van der Waals surface area contributed by atoms with Crippen molar-refractivity contribution in [3.63, 3.8) is 0 Å². The van der Waals surface area contributed by atoms with Crippen LogP contribution in [0.15, 0.2) is 18.7 Å². The summed E-state index contributed by atoms with van der Waals surface area (Å²) in [7, 11) is 5.72. The molecule has 0 aliphatic carbocycles. The van der Waals surface area contributed by atoms with E-state index in [2.05, 4.69) is 4.98 Å². The molecule has 0 N–H and O–H groups in total. The van der Waals surface area contributed by atoms with Gasteiger partial charge in [-0.3, -0.25) is 0 Å². The van der Waals surface area contributed by atoms with Gasteiger partial charge in [-0.25, -0.2) is 4.98 Å². The van der Waals surface area contributed by atoms with E-state index in [4.69, 9.17) is 7.85 Å². The van der Waals surface area contributed by atoms with Crippen LogP contribution in [0.3, 0.4) is 0 Å². The van der Waals surface area contributed by atoms with E-state index in [1.165, 1.54) is 0 Å². The first-order valence-electron chi connectivity index (χ1n) is 2.88. The summed E-state index contributed by atoms with van der Waals surface area (Å²) in [4.78, 5) is 3.87. The molecule has 2 nitrogen and oxygen atoms in total. The highest BCUT2D eigenvalue weighted by Gasteiger charge is 2.09. The van der Waals surface area contributed by atoms with Crippen molar-refractivity contribution >= 4 is 7.85 Å². The molecule has 9 heavy (non-hydrogen) atoms. The van der Waals surface area contributed by atoms with Crippen LogP contribution in [0, 0.1) is 0 Å². The normalized spacial score (nSPS) is 11.8. The number of imidazole rings is 1. The predicted octanol–water partition coefficient (Wildman–Crippen LogP) is 0.744. The molecule has 0 aliphatic rings. The fourth-order valence-electron chi connectivity index (χ4n) is 0.600. The lowest BCUT2D eigenvalue weighted by Gasteiger charge is -2.20. The molecule has 0 bridgehead atoms.